The third-order valence-electron chi connectivity index (χ3n) is 5.21. The quantitative estimate of drug-likeness (QED) is 0.638. The molecular weight excluding hydrogens is 394 g/mol. The summed E-state index contributed by atoms with van der Waals surface area (Å²) in [7, 11) is 0. The first-order valence-electron chi connectivity index (χ1n) is 10.6. The lowest BCUT2D eigenvalue weighted by Gasteiger charge is -2.27. The summed E-state index contributed by atoms with van der Waals surface area (Å²) in [6.45, 7) is 5.77. The highest BCUT2D eigenvalue weighted by Gasteiger charge is 2.13. The van der Waals surface area contributed by atoms with E-state index >= 15 is 0 Å². The molecule has 30 heavy (non-hydrogen) atoms. The molecule has 1 heterocycles. The number of aryl methyl sites for hydroxylation is 1. The molecule has 2 aromatic rings. The predicted molar refractivity (Wildman–Crippen MR) is 125 cm³/mol. The van der Waals surface area contributed by atoms with Crippen LogP contribution in [0.25, 0.3) is 0 Å². The summed E-state index contributed by atoms with van der Waals surface area (Å²) < 4.78 is 0. The number of nitrogens with zero attached hydrogens (tertiary/aromatic N) is 1. The minimum Gasteiger partial charge on any atom is -0.351 e. The Hall–Kier alpha value is -2.31. The summed E-state index contributed by atoms with van der Waals surface area (Å²) in [5.74, 6) is 0.393. The molecule has 0 aromatic heterocycles. The van der Waals surface area contributed by atoms with E-state index in [2.05, 4.69) is 33.7 Å². The van der Waals surface area contributed by atoms with E-state index in [9.17, 15) is 9.59 Å². The summed E-state index contributed by atoms with van der Waals surface area (Å²) in [5, 5.41) is 5.86. The number of rotatable bonds is 9. The van der Waals surface area contributed by atoms with E-state index in [4.69, 9.17) is 0 Å². The van der Waals surface area contributed by atoms with Gasteiger partial charge in [-0.3, -0.25) is 14.5 Å². The van der Waals surface area contributed by atoms with Crippen LogP contribution < -0.4 is 10.6 Å². The number of amides is 2. The van der Waals surface area contributed by atoms with E-state index < -0.39 is 0 Å². The second kappa shape index (κ2) is 11.8. The lowest BCUT2D eigenvalue weighted by atomic mass is 10.0. The number of thioether (sulfide) groups is 1. The molecule has 3 rings (SSSR count). The van der Waals surface area contributed by atoms with E-state index in [0.29, 0.717) is 6.54 Å². The highest BCUT2D eigenvalue weighted by atomic mass is 32.2. The lowest BCUT2D eigenvalue weighted by molar-refractivity contribution is -0.118. The Morgan fingerprint density at radius 2 is 1.67 bits per heavy atom. The smallest absolute Gasteiger partial charge is 0.234 e. The zero-order chi connectivity index (χ0) is 21.2. The number of piperidine rings is 1. The molecular formula is C24H31N3O2S. The topological polar surface area (TPSA) is 61.4 Å². The predicted octanol–water partition coefficient (Wildman–Crippen LogP) is 3.97. The zero-order valence-electron chi connectivity index (χ0n) is 17.7. The van der Waals surface area contributed by atoms with Crippen molar-refractivity contribution in [1.82, 2.24) is 10.2 Å². The first-order valence-corrected chi connectivity index (χ1v) is 11.8. The minimum atomic E-state index is -0.0923. The third-order valence-corrected chi connectivity index (χ3v) is 6.14. The summed E-state index contributed by atoms with van der Waals surface area (Å²) in [6, 6.07) is 16.0. The Balaban J connectivity index is 1.39. The van der Waals surface area contributed by atoms with Crippen LogP contribution in [0.2, 0.25) is 0 Å². The van der Waals surface area contributed by atoms with Crippen LogP contribution in [-0.4, -0.2) is 41.3 Å². The van der Waals surface area contributed by atoms with E-state index in [1.165, 1.54) is 42.2 Å². The second-order valence-electron chi connectivity index (χ2n) is 7.79. The van der Waals surface area contributed by atoms with Gasteiger partial charge in [-0.1, -0.05) is 42.8 Å². The van der Waals surface area contributed by atoms with Crippen LogP contribution in [0.15, 0.2) is 48.5 Å². The molecule has 2 aromatic carbocycles. The fraction of sp³-hybridized carbons (Fsp3) is 0.417. The molecule has 2 N–H and O–H groups in total. The van der Waals surface area contributed by atoms with E-state index in [1.807, 2.05) is 37.3 Å². The van der Waals surface area contributed by atoms with E-state index in [-0.39, 0.29) is 23.3 Å². The number of anilines is 1. The number of nitrogens with one attached hydrogen (secondary N) is 2. The molecule has 0 radical (unpaired) electrons. The Morgan fingerprint density at radius 1 is 0.933 bits per heavy atom. The maximum Gasteiger partial charge on any atom is 0.234 e. The second-order valence-corrected chi connectivity index (χ2v) is 8.78. The highest BCUT2D eigenvalue weighted by Crippen LogP contribution is 2.16. The zero-order valence-corrected chi connectivity index (χ0v) is 18.5. The maximum atomic E-state index is 12.2. The number of likely N-dealkylation sites (tertiary alicyclic amines) is 1. The first kappa shape index (κ1) is 22.4. The van der Waals surface area contributed by atoms with Gasteiger partial charge in [0, 0.05) is 18.8 Å². The average Bonchev–Trinajstić information content (AvgIpc) is 2.74. The molecule has 2 amide bonds. The molecule has 0 unspecified atom stereocenters. The van der Waals surface area contributed by atoms with Gasteiger partial charge in [-0.2, -0.15) is 0 Å². The van der Waals surface area contributed by atoms with Gasteiger partial charge in [0.15, 0.2) is 0 Å². The number of hydrogen-bond donors (Lipinski definition) is 2. The number of carbonyl (C=O) groups excluding carboxylic acids is 2. The van der Waals surface area contributed by atoms with Crippen molar-refractivity contribution in [3.63, 3.8) is 0 Å². The molecule has 6 heteroatoms. The van der Waals surface area contributed by atoms with Crippen molar-refractivity contribution in [3.8, 4) is 0 Å². The van der Waals surface area contributed by atoms with Crippen molar-refractivity contribution in [2.45, 2.75) is 39.3 Å². The number of carbonyl (C=O) groups is 2. The SMILES string of the molecule is Cc1cccc(NC(=O)CSCC(=O)NCc2ccccc2CN2CCCCC2)c1. The monoisotopic (exact) mass is 425 g/mol. The Morgan fingerprint density at radius 3 is 2.43 bits per heavy atom. The molecule has 1 saturated heterocycles. The molecule has 0 bridgehead atoms. The van der Waals surface area contributed by atoms with Gasteiger partial charge in [0.25, 0.3) is 0 Å². The fourth-order valence-electron chi connectivity index (χ4n) is 3.64. The standard InChI is InChI=1S/C24H31N3O2S/c1-19-8-7-11-22(14-19)26-24(29)18-30-17-23(28)25-15-20-9-3-4-10-21(20)16-27-12-5-2-6-13-27/h3-4,7-11,14H,2,5-6,12-13,15-18H2,1H3,(H,25,28)(H,26,29). The average molecular weight is 426 g/mol. The van der Waals surface area contributed by atoms with E-state index in [0.717, 1.165) is 30.9 Å². The maximum absolute atomic E-state index is 12.2. The molecule has 0 atom stereocenters. The van der Waals surface area contributed by atoms with Crippen molar-refractivity contribution in [2.75, 3.05) is 29.9 Å². The summed E-state index contributed by atoms with van der Waals surface area (Å²) in [4.78, 5) is 26.8. The van der Waals surface area contributed by atoms with Gasteiger partial charge in [-0.25, -0.2) is 0 Å². The molecule has 0 spiro atoms. The summed E-state index contributed by atoms with van der Waals surface area (Å²) in [5.41, 5.74) is 4.33. The highest BCUT2D eigenvalue weighted by molar-refractivity contribution is 8.00. The van der Waals surface area contributed by atoms with Gasteiger partial charge in [0.05, 0.1) is 11.5 Å². The molecule has 1 aliphatic rings. The number of hydrogen-bond acceptors (Lipinski definition) is 4. The largest absolute Gasteiger partial charge is 0.351 e. The number of benzene rings is 2. The van der Waals surface area contributed by atoms with Crippen molar-refractivity contribution in [1.29, 1.82) is 0 Å². The molecule has 0 saturated carbocycles. The first-order chi connectivity index (χ1) is 14.6. The molecule has 160 valence electrons. The van der Waals surface area contributed by atoms with Gasteiger partial charge in [0.2, 0.25) is 11.8 Å². The van der Waals surface area contributed by atoms with Crippen LogP contribution in [0.4, 0.5) is 5.69 Å². The fourth-order valence-corrected chi connectivity index (χ4v) is 4.29. The van der Waals surface area contributed by atoms with Crippen LogP contribution in [0.1, 0.15) is 36.0 Å². The normalized spacial score (nSPS) is 14.3. The van der Waals surface area contributed by atoms with Crippen molar-refractivity contribution < 1.29 is 9.59 Å². The van der Waals surface area contributed by atoms with Gasteiger partial charge in [0.1, 0.15) is 0 Å². The van der Waals surface area contributed by atoms with Crippen LogP contribution >= 0.6 is 11.8 Å². The van der Waals surface area contributed by atoms with Crippen molar-refractivity contribution >= 4 is 29.3 Å². The molecule has 1 fully saturated rings. The van der Waals surface area contributed by atoms with Crippen molar-refractivity contribution in [3.05, 3.63) is 65.2 Å². The van der Waals surface area contributed by atoms with E-state index in [1.54, 1.807) is 0 Å². The Bertz CT molecular complexity index is 850. The van der Waals surface area contributed by atoms with Crippen LogP contribution in [0.5, 0.6) is 0 Å². The third kappa shape index (κ3) is 7.50. The van der Waals surface area contributed by atoms with Gasteiger partial charge in [-0.15, -0.1) is 11.8 Å². The Labute approximate surface area is 183 Å². The van der Waals surface area contributed by atoms with Gasteiger partial charge < -0.3 is 10.6 Å². The van der Waals surface area contributed by atoms with Crippen LogP contribution in [0.3, 0.4) is 0 Å². The molecule has 5 nitrogen and oxygen atoms in total. The van der Waals surface area contributed by atoms with Crippen molar-refractivity contribution in [2.24, 2.45) is 0 Å². The van der Waals surface area contributed by atoms with Gasteiger partial charge >= 0.3 is 0 Å². The van der Waals surface area contributed by atoms with Crippen LogP contribution in [-0.2, 0) is 22.7 Å². The van der Waals surface area contributed by atoms with Gasteiger partial charge in [-0.05, 0) is 61.7 Å². The summed E-state index contributed by atoms with van der Waals surface area (Å²) >= 11 is 1.33. The molecule has 0 aliphatic carbocycles. The van der Waals surface area contributed by atoms with Crippen LogP contribution in [0, 0.1) is 6.92 Å². The Kier molecular flexibility index (Phi) is 8.78. The minimum absolute atomic E-state index is 0.0452. The molecule has 1 aliphatic heterocycles. The summed E-state index contributed by atoms with van der Waals surface area (Å²) in [6.07, 6.45) is 3.87. The lowest BCUT2D eigenvalue weighted by Crippen LogP contribution is -2.30.